The van der Waals surface area contributed by atoms with E-state index < -0.39 is 6.04 Å². The SMILES string of the molecule is CCOc1ccc(NC(=O)CC2C(=O)N(c3cccc(Cl)c3)C(=S)N2CCc2ccc(Cl)cc2)cc1. The first kappa shape index (κ1) is 25.9. The van der Waals surface area contributed by atoms with E-state index in [1.807, 2.05) is 36.1 Å². The van der Waals surface area contributed by atoms with Gasteiger partial charge < -0.3 is 15.0 Å². The van der Waals surface area contributed by atoms with Gasteiger partial charge in [-0.25, -0.2) is 0 Å². The number of carbonyl (C=O) groups is 2. The number of hydrogen-bond acceptors (Lipinski definition) is 4. The van der Waals surface area contributed by atoms with Gasteiger partial charge in [0.05, 0.1) is 18.7 Å². The summed E-state index contributed by atoms with van der Waals surface area (Å²) in [7, 11) is 0. The highest BCUT2D eigenvalue weighted by Gasteiger charge is 2.43. The van der Waals surface area contributed by atoms with Crippen LogP contribution in [0.3, 0.4) is 0 Å². The van der Waals surface area contributed by atoms with E-state index in [9.17, 15) is 9.59 Å². The van der Waals surface area contributed by atoms with Gasteiger partial charge in [0.25, 0.3) is 5.91 Å². The smallest absolute Gasteiger partial charge is 0.256 e. The molecule has 1 aliphatic heterocycles. The van der Waals surface area contributed by atoms with Crippen molar-refractivity contribution in [3.63, 3.8) is 0 Å². The molecule has 1 heterocycles. The van der Waals surface area contributed by atoms with Crippen LogP contribution >= 0.6 is 35.4 Å². The molecule has 6 nitrogen and oxygen atoms in total. The number of carbonyl (C=O) groups excluding carboxylic acids is 2. The van der Waals surface area contributed by atoms with Crippen molar-refractivity contribution in [1.29, 1.82) is 0 Å². The molecule has 1 N–H and O–H groups in total. The zero-order valence-corrected chi connectivity index (χ0v) is 21.9. The van der Waals surface area contributed by atoms with Gasteiger partial charge >= 0.3 is 0 Å². The molecule has 1 saturated heterocycles. The summed E-state index contributed by atoms with van der Waals surface area (Å²) in [5.74, 6) is 0.169. The predicted molar refractivity (Wildman–Crippen MR) is 148 cm³/mol. The largest absolute Gasteiger partial charge is 0.494 e. The van der Waals surface area contributed by atoms with Crippen molar-refractivity contribution < 1.29 is 14.3 Å². The van der Waals surface area contributed by atoms with E-state index in [1.165, 1.54) is 4.90 Å². The highest BCUT2D eigenvalue weighted by molar-refractivity contribution is 7.80. The average molecular weight is 542 g/mol. The second-order valence-corrected chi connectivity index (χ2v) is 9.47. The van der Waals surface area contributed by atoms with Crippen molar-refractivity contribution >= 4 is 63.7 Å². The van der Waals surface area contributed by atoms with Crippen molar-refractivity contribution in [1.82, 2.24) is 4.90 Å². The minimum Gasteiger partial charge on any atom is -0.494 e. The molecule has 3 aromatic rings. The monoisotopic (exact) mass is 541 g/mol. The molecule has 0 aromatic heterocycles. The quantitative estimate of drug-likeness (QED) is 0.338. The molecule has 0 aliphatic carbocycles. The lowest BCUT2D eigenvalue weighted by atomic mass is 10.1. The Morgan fingerprint density at radius 1 is 1.03 bits per heavy atom. The summed E-state index contributed by atoms with van der Waals surface area (Å²) >= 11 is 17.9. The fourth-order valence-corrected chi connectivity index (χ4v) is 4.75. The summed E-state index contributed by atoms with van der Waals surface area (Å²) in [5, 5.41) is 4.36. The van der Waals surface area contributed by atoms with Gasteiger partial charge in [-0.3, -0.25) is 14.5 Å². The standard InChI is InChI=1S/C27H25Cl2N3O3S/c1-2-35-23-12-10-21(11-13-23)30-25(33)17-24-26(34)32(22-5-3-4-20(29)16-22)27(36)31(24)15-14-18-6-8-19(28)9-7-18/h3-13,16,24H,2,14-15,17H2,1H3,(H,30,33). The van der Waals surface area contributed by atoms with E-state index in [0.717, 1.165) is 11.3 Å². The summed E-state index contributed by atoms with van der Waals surface area (Å²) in [6.07, 6.45) is 0.578. The molecule has 9 heteroatoms. The molecule has 3 aromatic carbocycles. The van der Waals surface area contributed by atoms with E-state index in [1.54, 1.807) is 48.5 Å². The Kier molecular flexibility index (Phi) is 8.46. The van der Waals surface area contributed by atoms with Gasteiger partial charge in [0.15, 0.2) is 5.11 Å². The number of ether oxygens (including phenoxy) is 1. The Balaban J connectivity index is 1.52. The fourth-order valence-electron chi connectivity index (χ4n) is 4.03. The molecule has 0 bridgehead atoms. The van der Waals surface area contributed by atoms with Gasteiger partial charge in [0, 0.05) is 22.3 Å². The van der Waals surface area contributed by atoms with Crippen LogP contribution in [0.1, 0.15) is 18.9 Å². The molecule has 2 amide bonds. The average Bonchev–Trinajstić information content (AvgIpc) is 3.08. The van der Waals surface area contributed by atoms with Crippen LogP contribution in [0.15, 0.2) is 72.8 Å². The number of benzene rings is 3. The first-order valence-corrected chi connectivity index (χ1v) is 12.7. The highest BCUT2D eigenvalue weighted by Crippen LogP contribution is 2.29. The third kappa shape index (κ3) is 6.16. The highest BCUT2D eigenvalue weighted by atomic mass is 35.5. The molecule has 1 unspecified atom stereocenters. The molecule has 0 radical (unpaired) electrons. The van der Waals surface area contributed by atoms with Crippen LogP contribution in [-0.2, 0) is 16.0 Å². The molecule has 1 fully saturated rings. The Bertz CT molecular complexity index is 1250. The molecular weight excluding hydrogens is 517 g/mol. The summed E-state index contributed by atoms with van der Waals surface area (Å²) < 4.78 is 5.44. The third-order valence-corrected chi connectivity index (χ3v) is 6.67. The van der Waals surface area contributed by atoms with Crippen molar-refractivity contribution in [2.45, 2.75) is 25.8 Å². The fraction of sp³-hybridized carbons (Fsp3) is 0.222. The first-order valence-electron chi connectivity index (χ1n) is 11.5. The van der Waals surface area contributed by atoms with Crippen LogP contribution in [0, 0.1) is 0 Å². The van der Waals surface area contributed by atoms with Crippen molar-refractivity contribution in [3.05, 3.63) is 88.4 Å². The summed E-state index contributed by atoms with van der Waals surface area (Å²) in [6, 6.07) is 20.8. The molecular formula is C27H25Cl2N3O3S. The molecule has 36 heavy (non-hydrogen) atoms. The summed E-state index contributed by atoms with van der Waals surface area (Å²) in [6.45, 7) is 2.93. The second-order valence-electron chi connectivity index (χ2n) is 8.23. The number of amides is 2. The van der Waals surface area contributed by atoms with E-state index >= 15 is 0 Å². The number of anilines is 2. The Morgan fingerprint density at radius 3 is 2.42 bits per heavy atom. The van der Waals surface area contributed by atoms with E-state index in [4.69, 9.17) is 40.2 Å². The maximum Gasteiger partial charge on any atom is 0.256 e. The number of nitrogens with zero attached hydrogens (tertiary/aromatic N) is 2. The molecule has 186 valence electrons. The van der Waals surface area contributed by atoms with E-state index in [2.05, 4.69) is 5.32 Å². The lowest BCUT2D eigenvalue weighted by Crippen LogP contribution is -2.39. The van der Waals surface area contributed by atoms with Crippen molar-refractivity contribution in [3.8, 4) is 5.75 Å². The van der Waals surface area contributed by atoms with Crippen LogP contribution in [0.5, 0.6) is 5.75 Å². The van der Waals surface area contributed by atoms with Gasteiger partial charge in [0.1, 0.15) is 11.8 Å². The topological polar surface area (TPSA) is 61.9 Å². The molecule has 4 rings (SSSR count). The molecule has 1 atom stereocenters. The Hall–Kier alpha value is -3.13. The zero-order valence-electron chi connectivity index (χ0n) is 19.6. The number of halogens is 2. The lowest BCUT2D eigenvalue weighted by Gasteiger charge is -2.24. The van der Waals surface area contributed by atoms with Gasteiger partial charge in [0.2, 0.25) is 5.91 Å². The normalized spacial score (nSPS) is 15.4. The van der Waals surface area contributed by atoms with Crippen LogP contribution in [0.4, 0.5) is 11.4 Å². The van der Waals surface area contributed by atoms with Crippen molar-refractivity contribution in [2.24, 2.45) is 0 Å². The minimum absolute atomic E-state index is 0.0517. The molecule has 0 saturated carbocycles. The Labute approximate surface area is 225 Å². The van der Waals surface area contributed by atoms with Crippen LogP contribution in [-0.4, -0.2) is 41.0 Å². The van der Waals surface area contributed by atoms with Crippen LogP contribution < -0.4 is 15.0 Å². The molecule has 0 spiro atoms. The summed E-state index contributed by atoms with van der Waals surface area (Å²) in [4.78, 5) is 29.8. The maximum absolute atomic E-state index is 13.5. The van der Waals surface area contributed by atoms with Gasteiger partial charge in [-0.05, 0) is 85.7 Å². The number of hydrogen-bond donors (Lipinski definition) is 1. The van der Waals surface area contributed by atoms with Gasteiger partial charge in [-0.2, -0.15) is 0 Å². The Morgan fingerprint density at radius 2 is 1.75 bits per heavy atom. The number of rotatable bonds is 9. The van der Waals surface area contributed by atoms with Crippen LogP contribution in [0.2, 0.25) is 10.0 Å². The maximum atomic E-state index is 13.5. The van der Waals surface area contributed by atoms with Gasteiger partial charge in [-0.15, -0.1) is 0 Å². The molecule has 1 aliphatic rings. The minimum atomic E-state index is -0.744. The third-order valence-electron chi connectivity index (χ3n) is 5.77. The van der Waals surface area contributed by atoms with E-state index in [0.29, 0.717) is 46.1 Å². The van der Waals surface area contributed by atoms with Gasteiger partial charge in [-0.1, -0.05) is 41.4 Å². The number of nitrogens with one attached hydrogen (secondary N) is 1. The first-order chi connectivity index (χ1) is 17.4. The second kappa shape index (κ2) is 11.7. The zero-order chi connectivity index (χ0) is 25.7. The lowest BCUT2D eigenvalue weighted by molar-refractivity contribution is -0.124. The van der Waals surface area contributed by atoms with E-state index in [-0.39, 0.29) is 18.2 Å². The predicted octanol–water partition coefficient (Wildman–Crippen LogP) is 5.97. The number of thiocarbonyl (C=S) groups is 1. The van der Waals surface area contributed by atoms with Crippen molar-refractivity contribution in [2.75, 3.05) is 23.4 Å². The van der Waals surface area contributed by atoms with Crippen LogP contribution in [0.25, 0.3) is 0 Å². The summed E-state index contributed by atoms with van der Waals surface area (Å²) in [5.41, 5.74) is 2.24.